The van der Waals surface area contributed by atoms with Gasteiger partial charge in [-0.05, 0) is 63.9 Å². The van der Waals surface area contributed by atoms with Crippen molar-refractivity contribution in [1.29, 1.82) is 0 Å². The topological polar surface area (TPSA) is 106 Å². The van der Waals surface area contributed by atoms with Crippen LogP contribution in [0.15, 0.2) is 42.7 Å². The Morgan fingerprint density at radius 1 is 1.09 bits per heavy atom. The smallest absolute Gasteiger partial charge is 0.344 e. The van der Waals surface area contributed by atoms with Crippen LogP contribution in [0, 0.1) is 0 Å². The minimum Gasteiger partial charge on any atom is -0.371 e. The van der Waals surface area contributed by atoms with E-state index in [1.54, 1.807) is 51.4 Å². The summed E-state index contributed by atoms with van der Waals surface area (Å²) >= 11 is 0. The van der Waals surface area contributed by atoms with Crippen molar-refractivity contribution in [1.82, 2.24) is 15.3 Å². The minimum atomic E-state index is -0.567. The monoisotopic (exact) mass is 441 g/mol. The second kappa shape index (κ2) is 10.9. The number of hydrogen-bond acceptors (Lipinski definition) is 8. The quantitative estimate of drug-likeness (QED) is 0.476. The molecule has 0 bridgehead atoms. The molecule has 1 aliphatic heterocycles. The third-order valence-electron chi connectivity index (χ3n) is 4.89. The minimum absolute atomic E-state index is 0.0386. The van der Waals surface area contributed by atoms with E-state index < -0.39 is 11.6 Å². The second-order valence-corrected chi connectivity index (χ2v) is 8.68. The molecule has 0 aliphatic carbocycles. The highest BCUT2D eigenvalue weighted by Crippen LogP contribution is 2.22. The summed E-state index contributed by atoms with van der Waals surface area (Å²) in [4.78, 5) is 44.4. The molecule has 0 spiro atoms. The van der Waals surface area contributed by atoms with Crippen molar-refractivity contribution in [2.45, 2.75) is 51.7 Å². The Balaban J connectivity index is 1.40. The fraction of sp³-hybridized carbons (Fsp3) is 0.478. The summed E-state index contributed by atoms with van der Waals surface area (Å²) in [6.45, 7) is 7.35. The summed E-state index contributed by atoms with van der Waals surface area (Å²) in [6, 6.07) is 9.65. The predicted octanol–water partition coefficient (Wildman–Crippen LogP) is 2.95. The first-order valence-electron chi connectivity index (χ1n) is 10.9. The number of amides is 1. The van der Waals surface area contributed by atoms with E-state index in [0.717, 1.165) is 31.6 Å². The molecule has 32 heavy (non-hydrogen) atoms. The Kier molecular flexibility index (Phi) is 7.99. The lowest BCUT2D eigenvalue weighted by Crippen LogP contribution is -2.39. The van der Waals surface area contributed by atoms with E-state index in [1.807, 2.05) is 12.1 Å². The number of nitrogens with zero attached hydrogens (tertiary/aromatic N) is 3. The van der Waals surface area contributed by atoms with Crippen LogP contribution in [-0.2, 0) is 14.6 Å². The van der Waals surface area contributed by atoms with Gasteiger partial charge in [-0.1, -0.05) is 0 Å². The van der Waals surface area contributed by atoms with Gasteiger partial charge in [0.1, 0.15) is 5.60 Å². The van der Waals surface area contributed by atoms with Gasteiger partial charge < -0.3 is 15.5 Å². The molecule has 0 radical (unpaired) electrons. The molecular formula is C23H31N5O4. The molecule has 172 valence electrons. The average molecular weight is 442 g/mol. The predicted molar refractivity (Wildman–Crippen MR) is 121 cm³/mol. The van der Waals surface area contributed by atoms with Crippen LogP contribution < -0.4 is 15.5 Å². The van der Waals surface area contributed by atoms with Gasteiger partial charge in [0.2, 0.25) is 5.95 Å². The molecule has 1 amide bonds. The van der Waals surface area contributed by atoms with E-state index in [9.17, 15) is 9.59 Å². The van der Waals surface area contributed by atoms with Gasteiger partial charge in [0.05, 0.1) is 6.42 Å². The molecule has 2 aromatic rings. The first-order chi connectivity index (χ1) is 15.3. The van der Waals surface area contributed by atoms with Gasteiger partial charge in [-0.25, -0.2) is 14.8 Å². The number of carbonyl (C=O) groups is 2. The normalized spacial score (nSPS) is 14.7. The molecule has 0 saturated carbocycles. The molecule has 1 aliphatic rings. The van der Waals surface area contributed by atoms with Crippen molar-refractivity contribution in [3.63, 3.8) is 0 Å². The molecular weight excluding hydrogens is 410 g/mol. The Morgan fingerprint density at radius 2 is 1.75 bits per heavy atom. The molecule has 1 saturated heterocycles. The van der Waals surface area contributed by atoms with E-state index in [1.165, 1.54) is 0 Å². The Labute approximate surface area is 188 Å². The zero-order valence-electron chi connectivity index (χ0n) is 18.8. The van der Waals surface area contributed by atoms with Crippen LogP contribution in [0.4, 0.5) is 11.6 Å². The summed E-state index contributed by atoms with van der Waals surface area (Å²) in [7, 11) is 0. The van der Waals surface area contributed by atoms with Crippen molar-refractivity contribution in [3.8, 4) is 0 Å². The average Bonchev–Trinajstić information content (AvgIpc) is 2.78. The summed E-state index contributed by atoms with van der Waals surface area (Å²) < 4.78 is 0. The third-order valence-corrected chi connectivity index (χ3v) is 4.89. The van der Waals surface area contributed by atoms with Crippen LogP contribution in [0.1, 0.15) is 50.4 Å². The third kappa shape index (κ3) is 7.49. The highest BCUT2D eigenvalue weighted by atomic mass is 17.2. The number of anilines is 2. The fourth-order valence-corrected chi connectivity index (χ4v) is 3.26. The van der Waals surface area contributed by atoms with Crippen molar-refractivity contribution in [3.05, 3.63) is 48.3 Å². The maximum atomic E-state index is 12.3. The standard InChI is InChI=1S/C23H31N5O4/c1-23(2,3)32-31-20(29)9-14-24-21(30)17-5-7-19(8-6-17)28-15-10-18(11-16-28)27-22-25-12-4-13-26-22/h4-8,12-13,18H,9-11,14-16H2,1-3H3,(H,24,30)(H,25,26,27). The number of rotatable bonds is 8. The van der Waals surface area contributed by atoms with Gasteiger partial charge >= 0.3 is 5.97 Å². The van der Waals surface area contributed by atoms with Crippen LogP contribution in [-0.4, -0.2) is 53.1 Å². The van der Waals surface area contributed by atoms with Gasteiger partial charge in [-0.3, -0.25) is 9.68 Å². The lowest BCUT2D eigenvalue weighted by atomic mass is 10.0. The van der Waals surface area contributed by atoms with E-state index in [2.05, 4.69) is 25.5 Å². The number of carbonyl (C=O) groups excluding carboxylic acids is 2. The molecule has 2 heterocycles. The second-order valence-electron chi connectivity index (χ2n) is 8.68. The summed E-state index contributed by atoms with van der Waals surface area (Å²) in [5.41, 5.74) is 1.06. The molecule has 1 aromatic carbocycles. The maximum Gasteiger partial charge on any atom is 0.344 e. The maximum absolute atomic E-state index is 12.3. The number of piperidine rings is 1. The van der Waals surface area contributed by atoms with Crippen LogP contribution in [0.2, 0.25) is 0 Å². The van der Waals surface area contributed by atoms with Crippen molar-refractivity contribution in [2.24, 2.45) is 0 Å². The molecule has 9 heteroatoms. The lowest BCUT2D eigenvalue weighted by molar-refractivity contribution is -0.320. The summed E-state index contributed by atoms with van der Waals surface area (Å²) in [5, 5.41) is 6.10. The largest absolute Gasteiger partial charge is 0.371 e. The molecule has 9 nitrogen and oxygen atoms in total. The number of aromatic nitrogens is 2. The Morgan fingerprint density at radius 3 is 2.38 bits per heavy atom. The molecule has 0 atom stereocenters. The van der Waals surface area contributed by atoms with E-state index in [0.29, 0.717) is 17.6 Å². The molecule has 1 aromatic heterocycles. The molecule has 3 rings (SSSR count). The molecule has 1 fully saturated rings. The van der Waals surface area contributed by atoms with Crippen LogP contribution >= 0.6 is 0 Å². The highest BCUT2D eigenvalue weighted by Gasteiger charge is 2.20. The SMILES string of the molecule is CC(C)(C)OOC(=O)CCNC(=O)c1ccc(N2CCC(Nc3ncccn3)CC2)cc1. The molecule has 2 N–H and O–H groups in total. The van der Waals surface area contributed by atoms with Gasteiger partial charge in [0.25, 0.3) is 5.91 Å². The molecule has 0 unspecified atom stereocenters. The fourth-order valence-electron chi connectivity index (χ4n) is 3.26. The first-order valence-corrected chi connectivity index (χ1v) is 10.9. The van der Waals surface area contributed by atoms with E-state index in [-0.39, 0.29) is 18.9 Å². The van der Waals surface area contributed by atoms with Gasteiger partial charge in [0, 0.05) is 49.3 Å². The zero-order chi connectivity index (χ0) is 23.0. The number of benzene rings is 1. The van der Waals surface area contributed by atoms with Gasteiger partial charge in [-0.2, -0.15) is 4.89 Å². The van der Waals surface area contributed by atoms with Crippen LogP contribution in [0.25, 0.3) is 0 Å². The Hall–Kier alpha value is -3.20. The Bertz CT molecular complexity index is 876. The highest BCUT2D eigenvalue weighted by molar-refractivity contribution is 5.94. The van der Waals surface area contributed by atoms with Crippen molar-refractivity contribution in [2.75, 3.05) is 29.9 Å². The van der Waals surface area contributed by atoms with E-state index in [4.69, 9.17) is 9.78 Å². The first kappa shape index (κ1) is 23.5. The van der Waals surface area contributed by atoms with Crippen LogP contribution in [0.3, 0.4) is 0 Å². The summed E-state index contributed by atoms with van der Waals surface area (Å²) in [6.07, 6.45) is 5.46. The van der Waals surface area contributed by atoms with E-state index >= 15 is 0 Å². The number of hydrogen-bond donors (Lipinski definition) is 2. The zero-order valence-corrected chi connectivity index (χ0v) is 18.8. The van der Waals surface area contributed by atoms with Gasteiger partial charge in [0.15, 0.2) is 0 Å². The number of nitrogens with one attached hydrogen (secondary N) is 2. The van der Waals surface area contributed by atoms with Crippen LogP contribution in [0.5, 0.6) is 0 Å². The summed E-state index contributed by atoms with van der Waals surface area (Å²) in [5.74, 6) is -0.0875. The van der Waals surface area contributed by atoms with Crippen molar-refractivity contribution >= 4 is 23.5 Å². The van der Waals surface area contributed by atoms with Crippen molar-refractivity contribution < 1.29 is 19.4 Å². The van der Waals surface area contributed by atoms with Gasteiger partial charge in [-0.15, -0.1) is 0 Å². The lowest BCUT2D eigenvalue weighted by Gasteiger charge is -2.34.